The predicted octanol–water partition coefficient (Wildman–Crippen LogP) is 4.68. The molecule has 20 heavy (non-hydrogen) atoms. The Bertz CT molecular complexity index is 432. The Morgan fingerprint density at radius 2 is 1.95 bits per heavy atom. The Labute approximate surface area is 131 Å². The van der Waals surface area contributed by atoms with E-state index in [1.165, 1.54) is 32.1 Å². The van der Waals surface area contributed by atoms with Gasteiger partial charge >= 0.3 is 0 Å². The van der Waals surface area contributed by atoms with Crippen LogP contribution >= 0.6 is 23.2 Å². The van der Waals surface area contributed by atoms with Gasteiger partial charge in [0.05, 0.1) is 6.10 Å². The van der Waals surface area contributed by atoms with Gasteiger partial charge in [0.1, 0.15) is 0 Å². The van der Waals surface area contributed by atoms with E-state index in [-0.39, 0.29) is 0 Å². The summed E-state index contributed by atoms with van der Waals surface area (Å²) in [6.45, 7) is 0.894. The summed E-state index contributed by atoms with van der Waals surface area (Å²) in [5.74, 6) is 0. The van der Waals surface area contributed by atoms with E-state index in [0.717, 1.165) is 12.1 Å². The summed E-state index contributed by atoms with van der Waals surface area (Å²) in [4.78, 5) is 2.38. The minimum Gasteiger partial charge on any atom is -0.388 e. The Hall–Kier alpha value is -0.280. The van der Waals surface area contributed by atoms with E-state index in [2.05, 4.69) is 11.9 Å². The minimum atomic E-state index is -0.522. The van der Waals surface area contributed by atoms with Gasteiger partial charge in [-0.3, -0.25) is 0 Å². The zero-order valence-electron chi connectivity index (χ0n) is 12.0. The van der Waals surface area contributed by atoms with Crippen LogP contribution in [0.1, 0.15) is 50.2 Å². The highest BCUT2D eigenvalue weighted by molar-refractivity contribution is 6.35. The molecule has 1 aliphatic rings. The summed E-state index contributed by atoms with van der Waals surface area (Å²) >= 11 is 12.0. The Kier molecular flexibility index (Phi) is 6.16. The van der Waals surface area contributed by atoms with Gasteiger partial charge in [-0.1, -0.05) is 48.5 Å². The highest BCUT2D eigenvalue weighted by Crippen LogP contribution is 2.29. The number of benzene rings is 1. The van der Waals surface area contributed by atoms with Gasteiger partial charge in [0, 0.05) is 22.6 Å². The lowest BCUT2D eigenvalue weighted by Gasteiger charge is -2.31. The van der Waals surface area contributed by atoms with E-state index in [1.54, 1.807) is 12.1 Å². The molecule has 0 aromatic heterocycles. The zero-order chi connectivity index (χ0) is 14.5. The van der Waals surface area contributed by atoms with Gasteiger partial charge in [-0.05, 0) is 44.0 Å². The third-order valence-corrected chi connectivity index (χ3v) is 4.84. The topological polar surface area (TPSA) is 23.5 Å². The number of aliphatic hydroxyl groups is 1. The fourth-order valence-electron chi connectivity index (χ4n) is 2.96. The number of hydrogen-bond donors (Lipinski definition) is 1. The quantitative estimate of drug-likeness (QED) is 0.852. The van der Waals surface area contributed by atoms with Crippen LogP contribution < -0.4 is 0 Å². The normalized spacial score (nSPS) is 18.4. The molecule has 1 N–H and O–H groups in total. The minimum absolute atomic E-state index is 0.522. The molecule has 4 heteroatoms. The fourth-order valence-corrected chi connectivity index (χ4v) is 3.49. The summed E-state index contributed by atoms with van der Waals surface area (Å²) in [6.07, 6.45) is 6.79. The number of halogens is 2. The second kappa shape index (κ2) is 7.65. The van der Waals surface area contributed by atoms with Gasteiger partial charge in [-0.25, -0.2) is 0 Å². The van der Waals surface area contributed by atoms with Crippen molar-refractivity contribution < 1.29 is 5.11 Å². The van der Waals surface area contributed by atoms with Gasteiger partial charge in [0.2, 0.25) is 0 Å². The molecule has 1 saturated carbocycles. The highest BCUT2D eigenvalue weighted by atomic mass is 35.5. The molecule has 0 heterocycles. The average Bonchev–Trinajstić information content (AvgIpc) is 2.45. The summed E-state index contributed by atoms with van der Waals surface area (Å²) in [5, 5.41) is 11.4. The first-order valence-electron chi connectivity index (χ1n) is 7.41. The van der Waals surface area contributed by atoms with Crippen LogP contribution in [0.15, 0.2) is 18.2 Å². The standard InChI is InChI=1S/C16H23Cl2NO/c1-19(13-5-3-2-4-6-13)10-9-16(20)14-8-7-12(17)11-15(14)18/h7-8,11,13,16,20H,2-6,9-10H2,1H3. The third-order valence-electron chi connectivity index (χ3n) is 4.27. The van der Waals surface area contributed by atoms with E-state index >= 15 is 0 Å². The summed E-state index contributed by atoms with van der Waals surface area (Å²) in [5.41, 5.74) is 0.771. The molecule has 0 amide bonds. The first-order valence-corrected chi connectivity index (χ1v) is 8.17. The molecular formula is C16H23Cl2NO. The van der Waals surface area contributed by atoms with Crippen LogP contribution in [0.25, 0.3) is 0 Å². The Balaban J connectivity index is 1.86. The van der Waals surface area contributed by atoms with Crippen LogP contribution in [-0.4, -0.2) is 29.6 Å². The molecule has 2 rings (SSSR count). The third kappa shape index (κ3) is 4.36. The maximum absolute atomic E-state index is 10.3. The molecule has 1 atom stereocenters. The van der Waals surface area contributed by atoms with Crippen LogP contribution in [0.4, 0.5) is 0 Å². The molecule has 1 aliphatic carbocycles. The van der Waals surface area contributed by atoms with Gasteiger partial charge < -0.3 is 10.0 Å². The maximum atomic E-state index is 10.3. The predicted molar refractivity (Wildman–Crippen MR) is 85.5 cm³/mol. The van der Waals surface area contributed by atoms with E-state index in [9.17, 15) is 5.11 Å². The molecule has 1 unspecified atom stereocenters. The molecule has 0 spiro atoms. The van der Waals surface area contributed by atoms with Crippen molar-refractivity contribution in [3.63, 3.8) is 0 Å². The number of nitrogens with zero attached hydrogens (tertiary/aromatic N) is 1. The SMILES string of the molecule is CN(CCC(O)c1ccc(Cl)cc1Cl)C1CCCCC1. The first-order chi connectivity index (χ1) is 9.58. The average molecular weight is 316 g/mol. The van der Waals surface area contributed by atoms with Crippen molar-refractivity contribution in [1.29, 1.82) is 0 Å². The van der Waals surface area contributed by atoms with Crippen LogP contribution in [0.3, 0.4) is 0 Å². The van der Waals surface area contributed by atoms with Crippen LogP contribution in [0.5, 0.6) is 0 Å². The Morgan fingerprint density at radius 1 is 1.25 bits per heavy atom. The molecule has 2 nitrogen and oxygen atoms in total. The van der Waals surface area contributed by atoms with Crippen LogP contribution in [0.2, 0.25) is 10.0 Å². The van der Waals surface area contributed by atoms with Crippen molar-refractivity contribution in [3.05, 3.63) is 33.8 Å². The summed E-state index contributed by atoms with van der Waals surface area (Å²) in [6, 6.07) is 5.95. The van der Waals surface area contributed by atoms with E-state index in [0.29, 0.717) is 22.5 Å². The van der Waals surface area contributed by atoms with Gasteiger partial charge in [0.15, 0.2) is 0 Å². The van der Waals surface area contributed by atoms with Gasteiger partial charge in [-0.2, -0.15) is 0 Å². The summed E-state index contributed by atoms with van der Waals surface area (Å²) < 4.78 is 0. The van der Waals surface area contributed by atoms with E-state index in [1.807, 2.05) is 6.07 Å². The fraction of sp³-hybridized carbons (Fsp3) is 0.625. The van der Waals surface area contributed by atoms with E-state index in [4.69, 9.17) is 23.2 Å². The van der Waals surface area contributed by atoms with Crippen molar-refractivity contribution >= 4 is 23.2 Å². The van der Waals surface area contributed by atoms with Crippen molar-refractivity contribution in [2.24, 2.45) is 0 Å². The number of rotatable bonds is 5. The molecule has 1 aromatic carbocycles. The lowest BCUT2D eigenvalue weighted by molar-refractivity contribution is 0.125. The summed E-state index contributed by atoms with van der Waals surface area (Å²) in [7, 11) is 2.16. The van der Waals surface area contributed by atoms with Crippen molar-refractivity contribution in [1.82, 2.24) is 4.90 Å². The molecule has 112 valence electrons. The van der Waals surface area contributed by atoms with Crippen LogP contribution in [0, 0.1) is 0 Å². The molecule has 0 aliphatic heterocycles. The maximum Gasteiger partial charge on any atom is 0.0816 e. The molecule has 0 bridgehead atoms. The van der Waals surface area contributed by atoms with Crippen LogP contribution in [-0.2, 0) is 0 Å². The van der Waals surface area contributed by atoms with Crippen molar-refractivity contribution in [2.75, 3.05) is 13.6 Å². The Morgan fingerprint density at radius 3 is 2.60 bits per heavy atom. The smallest absolute Gasteiger partial charge is 0.0816 e. The molecular weight excluding hydrogens is 293 g/mol. The lowest BCUT2D eigenvalue weighted by Crippen LogP contribution is -2.34. The molecule has 0 saturated heterocycles. The van der Waals surface area contributed by atoms with Gasteiger partial charge in [-0.15, -0.1) is 0 Å². The monoisotopic (exact) mass is 315 g/mol. The second-order valence-corrected chi connectivity index (χ2v) is 6.59. The van der Waals surface area contributed by atoms with Gasteiger partial charge in [0.25, 0.3) is 0 Å². The second-order valence-electron chi connectivity index (χ2n) is 5.74. The van der Waals surface area contributed by atoms with Crippen molar-refractivity contribution in [2.45, 2.75) is 50.7 Å². The molecule has 0 radical (unpaired) electrons. The number of hydrogen-bond acceptors (Lipinski definition) is 2. The number of aliphatic hydroxyl groups excluding tert-OH is 1. The first kappa shape index (κ1) is 16.1. The van der Waals surface area contributed by atoms with Crippen molar-refractivity contribution in [3.8, 4) is 0 Å². The molecule has 1 aromatic rings. The lowest BCUT2D eigenvalue weighted by atomic mass is 9.94. The highest BCUT2D eigenvalue weighted by Gasteiger charge is 2.19. The zero-order valence-corrected chi connectivity index (χ0v) is 13.5. The van der Waals surface area contributed by atoms with E-state index < -0.39 is 6.10 Å². The largest absolute Gasteiger partial charge is 0.388 e. The molecule has 1 fully saturated rings.